The van der Waals surface area contributed by atoms with Gasteiger partial charge in [-0.3, -0.25) is 0 Å². The van der Waals surface area contributed by atoms with Gasteiger partial charge in [0.15, 0.2) is 0 Å². The predicted octanol–water partition coefficient (Wildman–Crippen LogP) is 4.96. The van der Waals surface area contributed by atoms with Crippen molar-refractivity contribution in [2.75, 3.05) is 0 Å². The zero-order chi connectivity index (χ0) is 16.2. The number of halogens is 2. The monoisotopic (exact) mass is 362 g/mol. The largest absolute Gasteiger partial charge is 0.345 e. The van der Waals surface area contributed by atoms with E-state index in [2.05, 4.69) is 9.97 Å². The lowest BCUT2D eigenvalue weighted by Gasteiger charge is -2.18. The molecule has 0 bridgehead atoms. The van der Waals surface area contributed by atoms with Gasteiger partial charge in [-0.05, 0) is 29.8 Å². The molecule has 0 fully saturated rings. The third kappa shape index (κ3) is 3.96. The number of aromatic nitrogens is 2. The fourth-order valence-corrected chi connectivity index (χ4v) is 3.71. The van der Waals surface area contributed by atoms with E-state index in [0.717, 1.165) is 10.5 Å². The molecule has 2 aromatic carbocycles. The average Bonchev–Trinajstić information content (AvgIpc) is 2.57. The van der Waals surface area contributed by atoms with Gasteiger partial charge < -0.3 is 4.98 Å². The summed E-state index contributed by atoms with van der Waals surface area (Å²) in [7, 11) is 0. The molecule has 0 radical (unpaired) electrons. The molecule has 1 heterocycles. The van der Waals surface area contributed by atoms with Crippen molar-refractivity contribution >= 4 is 35.0 Å². The molecule has 1 aromatic heterocycles. The molecule has 0 aliphatic carbocycles. The van der Waals surface area contributed by atoms with Crippen LogP contribution >= 0.6 is 35.0 Å². The Morgan fingerprint density at radius 1 is 1.00 bits per heavy atom. The second-order valence-electron chi connectivity index (χ2n) is 4.81. The molecule has 0 aliphatic rings. The SMILES string of the molecule is O=c1ncc(Cl)c(C(Sc2ccc(Cl)cc2)c2ccccc2)[nH]1. The van der Waals surface area contributed by atoms with Crippen LogP contribution in [0.1, 0.15) is 16.5 Å². The number of nitrogens with one attached hydrogen (secondary N) is 1. The molecular weight excluding hydrogens is 351 g/mol. The number of rotatable bonds is 4. The first-order valence-corrected chi connectivity index (χ1v) is 8.49. The molecule has 6 heteroatoms. The lowest BCUT2D eigenvalue weighted by Crippen LogP contribution is -2.14. The van der Waals surface area contributed by atoms with Crippen LogP contribution in [0.5, 0.6) is 0 Å². The third-order valence-corrected chi connectivity index (χ3v) is 5.07. The van der Waals surface area contributed by atoms with Crippen LogP contribution in [0.15, 0.2) is 70.5 Å². The molecule has 0 saturated carbocycles. The average molecular weight is 363 g/mol. The molecule has 3 aromatic rings. The zero-order valence-electron chi connectivity index (χ0n) is 11.9. The normalized spacial score (nSPS) is 12.1. The van der Waals surface area contributed by atoms with Gasteiger partial charge in [-0.1, -0.05) is 53.5 Å². The van der Waals surface area contributed by atoms with Crippen LogP contribution in [0, 0.1) is 0 Å². The minimum absolute atomic E-state index is 0.152. The van der Waals surface area contributed by atoms with Crippen molar-refractivity contribution < 1.29 is 0 Å². The summed E-state index contributed by atoms with van der Waals surface area (Å²) >= 11 is 13.8. The van der Waals surface area contributed by atoms with E-state index in [9.17, 15) is 4.79 Å². The fraction of sp³-hybridized carbons (Fsp3) is 0.0588. The first kappa shape index (κ1) is 16.1. The molecule has 0 aliphatic heterocycles. The van der Waals surface area contributed by atoms with E-state index in [1.54, 1.807) is 11.8 Å². The molecule has 1 atom stereocenters. The standard InChI is InChI=1S/C17H12Cl2N2OS/c18-12-6-8-13(9-7-12)23-16(11-4-2-1-3-5-11)15-14(19)10-20-17(22)21-15/h1-10,16H,(H,20,21,22). The van der Waals surface area contributed by atoms with Crippen molar-refractivity contribution in [3.05, 3.63) is 92.6 Å². The van der Waals surface area contributed by atoms with Crippen LogP contribution in [0.4, 0.5) is 0 Å². The molecule has 0 saturated heterocycles. The van der Waals surface area contributed by atoms with Crippen LogP contribution in [0.25, 0.3) is 0 Å². The Labute approximate surface area is 147 Å². The van der Waals surface area contributed by atoms with E-state index >= 15 is 0 Å². The van der Waals surface area contributed by atoms with Crippen molar-refractivity contribution in [3.8, 4) is 0 Å². The van der Waals surface area contributed by atoms with E-state index < -0.39 is 5.69 Å². The van der Waals surface area contributed by atoms with Gasteiger partial charge in [0.25, 0.3) is 0 Å². The summed E-state index contributed by atoms with van der Waals surface area (Å²) in [4.78, 5) is 19.1. The van der Waals surface area contributed by atoms with E-state index in [4.69, 9.17) is 23.2 Å². The third-order valence-electron chi connectivity index (χ3n) is 3.23. The number of hydrogen-bond acceptors (Lipinski definition) is 3. The zero-order valence-corrected chi connectivity index (χ0v) is 14.2. The van der Waals surface area contributed by atoms with Gasteiger partial charge in [0.2, 0.25) is 0 Å². The Kier molecular flexibility index (Phi) is 5.06. The first-order chi connectivity index (χ1) is 11.1. The summed E-state index contributed by atoms with van der Waals surface area (Å²) < 4.78 is 0. The van der Waals surface area contributed by atoms with Gasteiger partial charge in [0, 0.05) is 9.92 Å². The van der Waals surface area contributed by atoms with Crippen molar-refractivity contribution in [1.82, 2.24) is 9.97 Å². The molecule has 3 nitrogen and oxygen atoms in total. The van der Waals surface area contributed by atoms with E-state index in [0.29, 0.717) is 15.7 Å². The summed E-state index contributed by atoms with van der Waals surface area (Å²) in [5, 5.41) is 0.960. The maximum atomic E-state index is 11.6. The number of aromatic amines is 1. The first-order valence-electron chi connectivity index (χ1n) is 6.85. The molecule has 116 valence electrons. The highest BCUT2D eigenvalue weighted by Crippen LogP contribution is 2.41. The summed E-state index contributed by atoms with van der Waals surface area (Å²) in [6, 6.07) is 17.4. The minimum Gasteiger partial charge on any atom is -0.307 e. The maximum Gasteiger partial charge on any atom is 0.345 e. The Morgan fingerprint density at radius 2 is 1.70 bits per heavy atom. The van der Waals surface area contributed by atoms with Crippen LogP contribution in [0.3, 0.4) is 0 Å². The van der Waals surface area contributed by atoms with Crippen LogP contribution < -0.4 is 5.69 Å². The quantitative estimate of drug-likeness (QED) is 0.667. The lowest BCUT2D eigenvalue weighted by atomic mass is 10.1. The Morgan fingerprint density at radius 3 is 2.39 bits per heavy atom. The van der Waals surface area contributed by atoms with Gasteiger partial charge >= 0.3 is 5.69 Å². The Hall–Kier alpha value is -1.75. The highest BCUT2D eigenvalue weighted by atomic mass is 35.5. The molecule has 0 spiro atoms. The molecule has 1 N–H and O–H groups in total. The van der Waals surface area contributed by atoms with Crippen molar-refractivity contribution in [2.24, 2.45) is 0 Å². The van der Waals surface area contributed by atoms with E-state index in [-0.39, 0.29) is 5.25 Å². The van der Waals surface area contributed by atoms with Crippen molar-refractivity contribution in [2.45, 2.75) is 10.1 Å². The smallest absolute Gasteiger partial charge is 0.307 e. The van der Waals surface area contributed by atoms with Crippen LogP contribution in [0.2, 0.25) is 10.0 Å². The fourth-order valence-electron chi connectivity index (χ4n) is 2.15. The second-order valence-corrected chi connectivity index (χ2v) is 6.83. The molecule has 23 heavy (non-hydrogen) atoms. The van der Waals surface area contributed by atoms with Gasteiger partial charge in [-0.15, -0.1) is 11.8 Å². The summed E-state index contributed by atoms with van der Waals surface area (Å²) in [5.74, 6) is 0. The molecule has 0 amide bonds. The minimum atomic E-state index is -0.415. The van der Waals surface area contributed by atoms with Gasteiger partial charge in [-0.25, -0.2) is 9.78 Å². The number of H-pyrrole nitrogens is 1. The second kappa shape index (κ2) is 7.21. The van der Waals surface area contributed by atoms with Crippen LogP contribution in [-0.2, 0) is 0 Å². The lowest BCUT2D eigenvalue weighted by molar-refractivity contribution is 0.964. The van der Waals surface area contributed by atoms with E-state index in [1.165, 1.54) is 6.20 Å². The van der Waals surface area contributed by atoms with Crippen LogP contribution in [-0.4, -0.2) is 9.97 Å². The maximum absolute atomic E-state index is 11.6. The molecule has 1 unspecified atom stereocenters. The van der Waals surface area contributed by atoms with Gasteiger partial charge in [0.1, 0.15) is 0 Å². The number of hydrogen-bond donors (Lipinski definition) is 1. The van der Waals surface area contributed by atoms with E-state index in [1.807, 2.05) is 54.6 Å². The Bertz CT molecular complexity index is 850. The molecule has 3 rings (SSSR count). The van der Waals surface area contributed by atoms with Gasteiger partial charge in [0.05, 0.1) is 22.2 Å². The highest BCUT2D eigenvalue weighted by Gasteiger charge is 2.20. The Balaban J connectivity index is 2.05. The summed E-state index contributed by atoms with van der Waals surface area (Å²) in [6.45, 7) is 0. The highest BCUT2D eigenvalue weighted by molar-refractivity contribution is 7.99. The van der Waals surface area contributed by atoms with Crippen molar-refractivity contribution in [1.29, 1.82) is 0 Å². The number of thioether (sulfide) groups is 1. The number of benzene rings is 2. The summed E-state index contributed by atoms with van der Waals surface area (Å²) in [6.07, 6.45) is 1.38. The summed E-state index contributed by atoms with van der Waals surface area (Å²) in [5.41, 5.74) is 1.26. The van der Waals surface area contributed by atoms with Crippen molar-refractivity contribution in [3.63, 3.8) is 0 Å². The molecular formula is C17H12Cl2N2OS. The van der Waals surface area contributed by atoms with Gasteiger partial charge in [-0.2, -0.15) is 0 Å². The number of nitrogens with zero attached hydrogens (tertiary/aromatic N) is 1. The predicted molar refractivity (Wildman–Crippen MR) is 95.5 cm³/mol. The topological polar surface area (TPSA) is 45.8 Å².